The third kappa shape index (κ3) is 1.65. The van der Waals surface area contributed by atoms with Crippen molar-refractivity contribution in [2.45, 2.75) is 0 Å². The van der Waals surface area contributed by atoms with E-state index in [-0.39, 0.29) is 0 Å². The molecule has 0 bridgehead atoms. The highest BCUT2D eigenvalue weighted by Gasteiger charge is 2.08. The van der Waals surface area contributed by atoms with Crippen LogP contribution in [0.25, 0.3) is 32.1 Å². The van der Waals surface area contributed by atoms with Crippen molar-refractivity contribution in [3.63, 3.8) is 0 Å². The number of para-hydroxylation sites is 1. The Bertz CT molecular complexity index is 871. The van der Waals surface area contributed by atoms with Crippen LogP contribution in [0.3, 0.4) is 0 Å². The SMILES string of the molecule is [c]1nc2c(-c3cccc4ccccc34)cccc2s1. The lowest BCUT2D eigenvalue weighted by Gasteiger charge is -2.07. The van der Waals surface area contributed by atoms with Crippen LogP contribution in [-0.4, -0.2) is 4.98 Å². The number of rotatable bonds is 1. The van der Waals surface area contributed by atoms with Gasteiger partial charge in [0.25, 0.3) is 0 Å². The summed E-state index contributed by atoms with van der Waals surface area (Å²) in [6.45, 7) is 0. The van der Waals surface area contributed by atoms with Gasteiger partial charge >= 0.3 is 0 Å². The quantitative estimate of drug-likeness (QED) is 0.473. The maximum atomic E-state index is 4.40. The summed E-state index contributed by atoms with van der Waals surface area (Å²) >= 11 is 1.57. The van der Waals surface area contributed by atoms with Gasteiger partial charge in [-0.3, -0.25) is 0 Å². The van der Waals surface area contributed by atoms with Crippen molar-refractivity contribution in [1.29, 1.82) is 0 Å². The topological polar surface area (TPSA) is 12.9 Å². The Morgan fingerprint density at radius 2 is 1.58 bits per heavy atom. The fourth-order valence-corrected chi connectivity index (χ4v) is 3.15. The van der Waals surface area contributed by atoms with Crippen molar-refractivity contribution in [1.82, 2.24) is 4.98 Å². The Morgan fingerprint density at radius 1 is 0.789 bits per heavy atom. The molecule has 0 aliphatic heterocycles. The molecule has 0 spiro atoms. The van der Waals surface area contributed by atoms with Crippen molar-refractivity contribution in [2.24, 2.45) is 0 Å². The largest absolute Gasteiger partial charge is 0.233 e. The molecule has 0 saturated heterocycles. The molecule has 0 aliphatic rings. The molecule has 0 fully saturated rings. The van der Waals surface area contributed by atoms with E-state index in [0.717, 1.165) is 5.52 Å². The second-order valence-electron chi connectivity index (χ2n) is 4.48. The maximum absolute atomic E-state index is 4.40. The maximum Gasteiger partial charge on any atom is 0.153 e. The molecule has 0 unspecified atom stereocenters. The van der Waals surface area contributed by atoms with Crippen LogP contribution >= 0.6 is 11.3 Å². The average molecular weight is 260 g/mol. The van der Waals surface area contributed by atoms with Gasteiger partial charge in [0.05, 0.1) is 10.2 Å². The molecule has 0 aliphatic carbocycles. The first-order valence-electron chi connectivity index (χ1n) is 6.17. The molecule has 89 valence electrons. The van der Waals surface area contributed by atoms with Gasteiger partial charge in [0.2, 0.25) is 0 Å². The number of hydrogen-bond donors (Lipinski definition) is 0. The molecule has 1 radical (unpaired) electrons. The number of thiazole rings is 1. The van der Waals surface area contributed by atoms with Gasteiger partial charge in [0, 0.05) is 5.56 Å². The zero-order chi connectivity index (χ0) is 12.7. The standard InChI is InChI=1S/C17H10NS/c1-2-7-13-12(5-1)6-3-8-14(13)15-9-4-10-16-17(15)18-11-19-16/h1-10H. The zero-order valence-corrected chi connectivity index (χ0v) is 10.9. The van der Waals surface area contributed by atoms with Gasteiger partial charge in [-0.2, -0.15) is 0 Å². The Balaban J connectivity index is 2.12. The number of benzene rings is 3. The van der Waals surface area contributed by atoms with Crippen LogP contribution in [0.1, 0.15) is 0 Å². The third-order valence-corrected chi connectivity index (χ3v) is 4.12. The van der Waals surface area contributed by atoms with Gasteiger partial charge < -0.3 is 0 Å². The first-order chi connectivity index (χ1) is 9.43. The number of aromatic nitrogens is 1. The Morgan fingerprint density at radius 3 is 2.58 bits per heavy atom. The van der Waals surface area contributed by atoms with Gasteiger partial charge in [-0.1, -0.05) is 54.6 Å². The molecule has 0 atom stereocenters. The molecule has 0 N–H and O–H groups in total. The van der Waals surface area contributed by atoms with Crippen LogP contribution in [0, 0.1) is 5.51 Å². The van der Waals surface area contributed by atoms with Crippen LogP contribution in [0.15, 0.2) is 60.7 Å². The normalized spacial score (nSPS) is 11.2. The molecule has 19 heavy (non-hydrogen) atoms. The molecular weight excluding hydrogens is 250 g/mol. The molecule has 1 nitrogen and oxygen atoms in total. The predicted octanol–water partition coefficient (Wildman–Crippen LogP) is 4.92. The number of hydrogen-bond acceptors (Lipinski definition) is 2. The molecule has 0 amide bonds. The van der Waals surface area contributed by atoms with Crippen LogP contribution in [-0.2, 0) is 0 Å². The van der Waals surface area contributed by atoms with E-state index in [0.29, 0.717) is 0 Å². The molecule has 4 rings (SSSR count). The smallest absolute Gasteiger partial charge is 0.153 e. The molecule has 4 aromatic rings. The lowest BCUT2D eigenvalue weighted by atomic mass is 9.98. The van der Waals surface area contributed by atoms with Crippen LogP contribution in [0.5, 0.6) is 0 Å². The van der Waals surface area contributed by atoms with Crippen molar-refractivity contribution in [3.8, 4) is 11.1 Å². The minimum atomic E-state index is 1.05. The summed E-state index contributed by atoms with van der Waals surface area (Å²) < 4.78 is 1.19. The summed E-state index contributed by atoms with van der Waals surface area (Å²) in [6, 6.07) is 21.2. The third-order valence-electron chi connectivity index (χ3n) is 3.39. The second kappa shape index (κ2) is 4.18. The molecule has 1 heterocycles. The van der Waals surface area contributed by atoms with Gasteiger partial charge in [-0.15, -0.1) is 11.3 Å². The van der Waals surface area contributed by atoms with Crippen LogP contribution < -0.4 is 0 Å². The lowest BCUT2D eigenvalue weighted by molar-refractivity contribution is 1.48. The van der Waals surface area contributed by atoms with Crippen molar-refractivity contribution in [3.05, 3.63) is 66.2 Å². The van der Waals surface area contributed by atoms with Crippen LogP contribution in [0.4, 0.5) is 0 Å². The van der Waals surface area contributed by atoms with Crippen molar-refractivity contribution in [2.75, 3.05) is 0 Å². The first kappa shape index (κ1) is 10.7. The van der Waals surface area contributed by atoms with E-state index in [1.54, 1.807) is 11.3 Å². The summed E-state index contributed by atoms with van der Waals surface area (Å²) in [5.74, 6) is 0. The minimum absolute atomic E-state index is 1.05. The Kier molecular flexibility index (Phi) is 2.35. The highest BCUT2D eigenvalue weighted by atomic mass is 32.1. The van der Waals surface area contributed by atoms with E-state index >= 15 is 0 Å². The van der Waals surface area contributed by atoms with Gasteiger partial charge in [-0.25, -0.2) is 4.98 Å². The highest BCUT2D eigenvalue weighted by molar-refractivity contribution is 7.16. The molecule has 1 aromatic heterocycles. The predicted molar refractivity (Wildman–Crippen MR) is 81.4 cm³/mol. The monoisotopic (exact) mass is 260 g/mol. The van der Waals surface area contributed by atoms with E-state index in [9.17, 15) is 0 Å². The van der Waals surface area contributed by atoms with Gasteiger partial charge in [0.15, 0.2) is 5.51 Å². The average Bonchev–Trinajstić information content (AvgIpc) is 2.95. The summed E-state index contributed by atoms with van der Waals surface area (Å²) in [5.41, 5.74) is 6.46. The molecular formula is C17H10NS. The van der Waals surface area contributed by atoms with Gasteiger partial charge in [0.1, 0.15) is 0 Å². The Labute approximate surface area is 115 Å². The van der Waals surface area contributed by atoms with E-state index in [1.165, 1.54) is 26.6 Å². The van der Waals surface area contributed by atoms with Crippen molar-refractivity contribution >= 4 is 32.3 Å². The summed E-state index contributed by atoms with van der Waals surface area (Å²) in [6.07, 6.45) is 0. The number of fused-ring (bicyclic) bond motifs is 2. The second-order valence-corrected chi connectivity index (χ2v) is 5.31. The van der Waals surface area contributed by atoms with Crippen molar-refractivity contribution < 1.29 is 0 Å². The van der Waals surface area contributed by atoms with E-state index in [1.807, 2.05) is 0 Å². The lowest BCUT2D eigenvalue weighted by Crippen LogP contribution is -1.82. The van der Waals surface area contributed by atoms with Crippen LogP contribution in [0.2, 0.25) is 0 Å². The number of nitrogens with zero attached hydrogens (tertiary/aromatic N) is 1. The minimum Gasteiger partial charge on any atom is -0.233 e. The summed E-state index contributed by atoms with van der Waals surface area (Å²) in [5, 5.41) is 2.53. The zero-order valence-electron chi connectivity index (χ0n) is 10.1. The first-order valence-corrected chi connectivity index (χ1v) is 6.99. The molecule has 0 saturated carbocycles. The van der Waals surface area contributed by atoms with Gasteiger partial charge in [-0.05, 0) is 22.4 Å². The molecule has 3 aromatic carbocycles. The Hall–Kier alpha value is -2.19. The summed E-state index contributed by atoms with van der Waals surface area (Å²) in [7, 11) is 0. The highest BCUT2D eigenvalue weighted by Crippen LogP contribution is 2.33. The summed E-state index contributed by atoms with van der Waals surface area (Å²) in [4.78, 5) is 4.40. The van der Waals surface area contributed by atoms with E-state index in [4.69, 9.17) is 0 Å². The molecule has 2 heteroatoms. The van der Waals surface area contributed by atoms with E-state index < -0.39 is 0 Å². The van der Waals surface area contributed by atoms with E-state index in [2.05, 4.69) is 71.2 Å². The fraction of sp³-hybridized carbons (Fsp3) is 0. The fourth-order valence-electron chi connectivity index (χ4n) is 2.52.